The predicted octanol–water partition coefficient (Wildman–Crippen LogP) is 4.98. The second-order valence-electron chi connectivity index (χ2n) is 5.31. The summed E-state index contributed by atoms with van der Waals surface area (Å²) < 4.78 is 11.6. The van der Waals surface area contributed by atoms with Gasteiger partial charge in [-0.2, -0.15) is 0 Å². The summed E-state index contributed by atoms with van der Waals surface area (Å²) in [5.74, 6) is 1.53. The molecule has 0 amide bonds. The van der Waals surface area contributed by atoms with Gasteiger partial charge in [0.2, 0.25) is 5.88 Å². The summed E-state index contributed by atoms with van der Waals surface area (Å²) in [5.41, 5.74) is 2.92. The Bertz CT molecular complexity index is 701. The molecule has 0 aliphatic heterocycles. The van der Waals surface area contributed by atoms with Gasteiger partial charge in [0.1, 0.15) is 19.0 Å². The molecule has 3 rings (SSSR count). The average Bonchev–Trinajstić information content (AvgIpc) is 2.66. The Kier molecular flexibility index (Phi) is 5.70. The Morgan fingerprint density at radius 2 is 1.33 bits per heavy atom. The minimum absolute atomic E-state index is 0.310. The number of ether oxygens (including phenoxy) is 2. The maximum atomic E-state index is 5.93. The maximum absolute atomic E-state index is 5.93. The Balaban J connectivity index is 1.68. The van der Waals surface area contributed by atoms with E-state index in [1.165, 1.54) is 0 Å². The van der Waals surface area contributed by atoms with Crippen LogP contribution in [0.4, 0.5) is 0 Å². The van der Waals surface area contributed by atoms with Crippen LogP contribution in [0.25, 0.3) is 0 Å². The van der Waals surface area contributed by atoms with E-state index in [4.69, 9.17) is 21.1 Å². The lowest BCUT2D eigenvalue weighted by molar-refractivity contribution is 0.280. The van der Waals surface area contributed by atoms with Crippen molar-refractivity contribution in [2.75, 3.05) is 0 Å². The number of hydrogen-bond donors (Lipinski definition) is 0. The molecule has 3 nitrogen and oxygen atoms in total. The molecule has 24 heavy (non-hydrogen) atoms. The summed E-state index contributed by atoms with van der Waals surface area (Å²) in [5, 5.41) is 0. The van der Waals surface area contributed by atoms with Gasteiger partial charge in [-0.3, -0.25) is 0 Å². The number of rotatable bonds is 7. The predicted molar refractivity (Wildman–Crippen MR) is 95.3 cm³/mol. The molecule has 2 aromatic carbocycles. The molecular formula is C20H18ClNO2. The molecule has 3 aromatic rings. The first-order valence-corrected chi connectivity index (χ1v) is 8.27. The fourth-order valence-corrected chi connectivity index (χ4v) is 2.37. The van der Waals surface area contributed by atoms with Crippen molar-refractivity contribution in [1.82, 2.24) is 4.98 Å². The molecule has 0 atom stereocenters. The van der Waals surface area contributed by atoms with Crippen LogP contribution in [0.5, 0.6) is 11.6 Å². The van der Waals surface area contributed by atoms with E-state index in [-0.39, 0.29) is 0 Å². The first kappa shape index (κ1) is 16.3. The van der Waals surface area contributed by atoms with Crippen LogP contribution in [0.2, 0.25) is 0 Å². The van der Waals surface area contributed by atoms with Gasteiger partial charge in [-0.15, -0.1) is 11.6 Å². The smallest absolute Gasteiger partial charge is 0.217 e. The average molecular weight is 340 g/mol. The Morgan fingerprint density at radius 3 is 1.92 bits per heavy atom. The number of benzene rings is 2. The van der Waals surface area contributed by atoms with Crippen molar-refractivity contribution < 1.29 is 9.47 Å². The van der Waals surface area contributed by atoms with E-state index in [1.807, 2.05) is 66.7 Å². The van der Waals surface area contributed by atoms with Gasteiger partial charge in [-0.25, -0.2) is 4.98 Å². The van der Waals surface area contributed by atoms with Gasteiger partial charge < -0.3 is 9.47 Å². The van der Waals surface area contributed by atoms with Crippen molar-refractivity contribution >= 4 is 11.6 Å². The number of nitrogens with zero attached hydrogens (tertiary/aromatic N) is 1. The summed E-state index contributed by atoms with van der Waals surface area (Å²) in [4.78, 5) is 4.39. The highest BCUT2D eigenvalue weighted by molar-refractivity contribution is 6.16. The molecule has 0 saturated heterocycles. The zero-order chi connectivity index (χ0) is 16.6. The Morgan fingerprint density at radius 1 is 0.750 bits per heavy atom. The van der Waals surface area contributed by atoms with Gasteiger partial charge in [0.25, 0.3) is 0 Å². The fraction of sp³-hybridized carbons (Fsp3) is 0.150. The van der Waals surface area contributed by atoms with E-state index in [0.29, 0.717) is 30.7 Å². The summed E-state index contributed by atoms with van der Waals surface area (Å²) in [6, 6.07) is 23.6. The summed E-state index contributed by atoms with van der Waals surface area (Å²) >= 11 is 5.93. The molecule has 0 bridgehead atoms. The van der Waals surface area contributed by atoms with Crippen LogP contribution in [0, 0.1) is 0 Å². The second kappa shape index (κ2) is 8.37. The first-order valence-electron chi connectivity index (χ1n) is 7.74. The monoisotopic (exact) mass is 339 g/mol. The topological polar surface area (TPSA) is 31.4 Å². The SMILES string of the molecule is ClCc1cc(OCc2ccccc2)cc(OCc2ccccc2)n1. The van der Waals surface area contributed by atoms with E-state index in [9.17, 15) is 0 Å². The molecular weight excluding hydrogens is 322 g/mol. The van der Waals surface area contributed by atoms with Crippen LogP contribution in [0.1, 0.15) is 16.8 Å². The van der Waals surface area contributed by atoms with Crippen molar-refractivity contribution in [1.29, 1.82) is 0 Å². The van der Waals surface area contributed by atoms with Gasteiger partial charge in [0.15, 0.2) is 0 Å². The van der Waals surface area contributed by atoms with Gasteiger partial charge in [-0.1, -0.05) is 60.7 Å². The zero-order valence-electron chi connectivity index (χ0n) is 13.2. The molecule has 0 spiro atoms. The molecule has 0 radical (unpaired) electrons. The molecule has 0 unspecified atom stereocenters. The summed E-state index contributed by atoms with van der Waals surface area (Å²) in [7, 11) is 0. The van der Waals surface area contributed by atoms with Crippen LogP contribution < -0.4 is 9.47 Å². The lowest BCUT2D eigenvalue weighted by Crippen LogP contribution is -2.01. The summed E-state index contributed by atoms with van der Waals surface area (Å²) in [6.45, 7) is 0.947. The molecule has 1 heterocycles. The van der Waals surface area contributed by atoms with Crippen molar-refractivity contribution in [3.05, 3.63) is 89.6 Å². The maximum Gasteiger partial charge on any atom is 0.217 e. The minimum atomic E-state index is 0.310. The van der Waals surface area contributed by atoms with E-state index >= 15 is 0 Å². The van der Waals surface area contributed by atoms with E-state index in [0.717, 1.165) is 16.8 Å². The third-order valence-corrected chi connectivity index (χ3v) is 3.72. The second-order valence-corrected chi connectivity index (χ2v) is 5.58. The summed E-state index contributed by atoms with van der Waals surface area (Å²) in [6.07, 6.45) is 0. The zero-order valence-corrected chi connectivity index (χ0v) is 13.9. The highest BCUT2D eigenvalue weighted by Gasteiger charge is 2.06. The van der Waals surface area contributed by atoms with E-state index in [2.05, 4.69) is 4.98 Å². The van der Waals surface area contributed by atoms with Crippen LogP contribution >= 0.6 is 11.6 Å². The number of alkyl halides is 1. The minimum Gasteiger partial charge on any atom is -0.489 e. The van der Waals surface area contributed by atoms with Crippen LogP contribution in [-0.2, 0) is 19.1 Å². The van der Waals surface area contributed by atoms with Gasteiger partial charge in [0, 0.05) is 12.1 Å². The van der Waals surface area contributed by atoms with Crippen LogP contribution in [-0.4, -0.2) is 4.98 Å². The first-order chi connectivity index (χ1) is 11.8. The lowest BCUT2D eigenvalue weighted by atomic mass is 10.2. The molecule has 0 fully saturated rings. The normalized spacial score (nSPS) is 10.4. The molecule has 0 N–H and O–H groups in total. The quantitative estimate of drug-likeness (QED) is 0.569. The molecule has 1 aromatic heterocycles. The molecule has 122 valence electrons. The standard InChI is InChI=1S/C20H18ClNO2/c21-13-18-11-19(23-14-16-7-3-1-4-8-16)12-20(22-18)24-15-17-9-5-2-6-10-17/h1-12H,13-15H2. The van der Waals surface area contributed by atoms with Crippen molar-refractivity contribution in [3.63, 3.8) is 0 Å². The van der Waals surface area contributed by atoms with E-state index in [1.54, 1.807) is 6.07 Å². The van der Waals surface area contributed by atoms with Gasteiger partial charge in [0.05, 0.1) is 11.6 Å². The molecule has 0 aliphatic carbocycles. The molecule has 4 heteroatoms. The Labute approximate surface area is 146 Å². The largest absolute Gasteiger partial charge is 0.489 e. The highest BCUT2D eigenvalue weighted by atomic mass is 35.5. The number of pyridine rings is 1. The third-order valence-electron chi connectivity index (χ3n) is 3.44. The number of aromatic nitrogens is 1. The number of hydrogen-bond acceptors (Lipinski definition) is 3. The third kappa shape index (κ3) is 4.74. The van der Waals surface area contributed by atoms with Crippen LogP contribution in [0.3, 0.4) is 0 Å². The lowest BCUT2D eigenvalue weighted by Gasteiger charge is -2.11. The van der Waals surface area contributed by atoms with Crippen molar-refractivity contribution in [2.24, 2.45) is 0 Å². The molecule has 0 saturated carbocycles. The molecule has 0 aliphatic rings. The number of halogens is 1. The van der Waals surface area contributed by atoms with E-state index < -0.39 is 0 Å². The van der Waals surface area contributed by atoms with Gasteiger partial charge in [-0.05, 0) is 11.1 Å². The highest BCUT2D eigenvalue weighted by Crippen LogP contribution is 2.22. The van der Waals surface area contributed by atoms with Crippen molar-refractivity contribution in [2.45, 2.75) is 19.1 Å². The Hall–Kier alpha value is -2.52. The van der Waals surface area contributed by atoms with Crippen LogP contribution in [0.15, 0.2) is 72.8 Å². The van der Waals surface area contributed by atoms with Gasteiger partial charge >= 0.3 is 0 Å². The fourth-order valence-electron chi connectivity index (χ4n) is 2.23. The van der Waals surface area contributed by atoms with Crippen molar-refractivity contribution in [3.8, 4) is 11.6 Å².